The van der Waals surface area contributed by atoms with Crippen LogP contribution in [-0.4, -0.2) is 24.1 Å². The minimum atomic E-state index is -0.655. The van der Waals surface area contributed by atoms with Crippen LogP contribution < -0.4 is 5.73 Å². The molecule has 2 rings (SSSR count). The molecule has 1 atom stereocenters. The second-order valence-corrected chi connectivity index (χ2v) is 4.27. The molecule has 0 fully saturated rings. The number of methoxy groups -OCH3 is 1. The van der Waals surface area contributed by atoms with Gasteiger partial charge >= 0.3 is 5.97 Å². The number of carbonyl (C=O) groups is 1. The zero-order chi connectivity index (χ0) is 12.4. The van der Waals surface area contributed by atoms with E-state index in [0.717, 1.165) is 16.5 Å². The number of halogens is 1. The first-order chi connectivity index (χ1) is 8.11. The summed E-state index contributed by atoms with van der Waals surface area (Å²) in [7, 11) is 1.33. The molecule has 0 spiro atoms. The third-order valence-electron chi connectivity index (χ3n) is 2.67. The molecule has 5 heteroatoms. The van der Waals surface area contributed by atoms with Gasteiger partial charge in [0.2, 0.25) is 0 Å². The first-order valence-corrected chi connectivity index (χ1v) is 5.58. The van der Waals surface area contributed by atoms with Gasteiger partial charge in [-0.05, 0) is 23.8 Å². The lowest BCUT2D eigenvalue weighted by atomic mass is 10.1. The van der Waals surface area contributed by atoms with Gasteiger partial charge in [0, 0.05) is 28.5 Å². The van der Waals surface area contributed by atoms with Crippen molar-refractivity contribution in [3.63, 3.8) is 0 Å². The summed E-state index contributed by atoms with van der Waals surface area (Å²) in [5.41, 5.74) is 7.66. The van der Waals surface area contributed by atoms with Gasteiger partial charge in [-0.3, -0.25) is 4.79 Å². The Morgan fingerprint density at radius 1 is 1.59 bits per heavy atom. The largest absolute Gasteiger partial charge is 0.468 e. The van der Waals surface area contributed by atoms with Crippen LogP contribution in [0.5, 0.6) is 0 Å². The van der Waals surface area contributed by atoms with Gasteiger partial charge in [-0.25, -0.2) is 0 Å². The van der Waals surface area contributed by atoms with Gasteiger partial charge in [0.1, 0.15) is 6.04 Å². The van der Waals surface area contributed by atoms with Crippen molar-refractivity contribution >= 4 is 28.5 Å². The van der Waals surface area contributed by atoms with Gasteiger partial charge in [-0.15, -0.1) is 0 Å². The highest BCUT2D eigenvalue weighted by atomic mass is 35.5. The molecule has 0 aliphatic carbocycles. The number of benzene rings is 1. The molecule has 0 saturated carbocycles. The molecular formula is C12H13ClN2O2. The molecule has 0 aliphatic heterocycles. The highest BCUT2D eigenvalue weighted by Gasteiger charge is 2.16. The summed E-state index contributed by atoms with van der Waals surface area (Å²) >= 11 is 5.94. The SMILES string of the molecule is COC(=O)C(N)Cc1c[nH]c2ccc(Cl)cc12. The number of hydrogen-bond donors (Lipinski definition) is 2. The van der Waals surface area contributed by atoms with E-state index < -0.39 is 12.0 Å². The maximum absolute atomic E-state index is 11.3. The molecule has 1 unspecified atom stereocenters. The summed E-state index contributed by atoms with van der Waals surface area (Å²) in [6.07, 6.45) is 2.26. The van der Waals surface area contributed by atoms with Crippen LogP contribution in [0.15, 0.2) is 24.4 Å². The van der Waals surface area contributed by atoms with Gasteiger partial charge in [0.15, 0.2) is 0 Å². The number of hydrogen-bond acceptors (Lipinski definition) is 3. The molecule has 4 nitrogen and oxygen atoms in total. The third-order valence-corrected chi connectivity index (χ3v) is 2.91. The summed E-state index contributed by atoms with van der Waals surface area (Å²) in [4.78, 5) is 14.4. The maximum atomic E-state index is 11.3. The van der Waals surface area contributed by atoms with E-state index in [1.165, 1.54) is 7.11 Å². The van der Waals surface area contributed by atoms with E-state index in [-0.39, 0.29) is 0 Å². The van der Waals surface area contributed by atoms with Crippen molar-refractivity contribution in [3.8, 4) is 0 Å². The lowest BCUT2D eigenvalue weighted by Gasteiger charge is -2.08. The van der Waals surface area contributed by atoms with Crippen molar-refractivity contribution in [2.45, 2.75) is 12.5 Å². The number of nitrogens with one attached hydrogen (secondary N) is 1. The molecule has 0 bridgehead atoms. The molecule has 17 heavy (non-hydrogen) atoms. The average Bonchev–Trinajstić information content (AvgIpc) is 2.71. The van der Waals surface area contributed by atoms with E-state index in [4.69, 9.17) is 17.3 Å². The molecular weight excluding hydrogens is 240 g/mol. The Hall–Kier alpha value is -1.52. The molecule has 1 aromatic heterocycles. The fourth-order valence-electron chi connectivity index (χ4n) is 1.79. The van der Waals surface area contributed by atoms with Crippen molar-refractivity contribution in [2.75, 3.05) is 7.11 Å². The van der Waals surface area contributed by atoms with Crippen LogP contribution in [0.4, 0.5) is 0 Å². The number of fused-ring (bicyclic) bond motifs is 1. The number of esters is 1. The van der Waals surface area contributed by atoms with Gasteiger partial charge in [-0.2, -0.15) is 0 Å². The molecule has 3 N–H and O–H groups in total. The Labute approximate surface area is 104 Å². The minimum Gasteiger partial charge on any atom is -0.468 e. The average molecular weight is 253 g/mol. The van der Waals surface area contributed by atoms with Crippen LogP contribution >= 0.6 is 11.6 Å². The summed E-state index contributed by atoms with van der Waals surface area (Å²) < 4.78 is 4.60. The number of ether oxygens (including phenoxy) is 1. The molecule has 90 valence electrons. The fourth-order valence-corrected chi connectivity index (χ4v) is 1.96. The zero-order valence-corrected chi connectivity index (χ0v) is 10.1. The van der Waals surface area contributed by atoms with E-state index in [1.807, 2.05) is 24.4 Å². The normalized spacial score (nSPS) is 12.6. The van der Waals surface area contributed by atoms with E-state index in [0.29, 0.717) is 11.4 Å². The summed E-state index contributed by atoms with van der Waals surface area (Å²) in [5.74, 6) is -0.415. The predicted octanol–water partition coefficient (Wildman–Crippen LogP) is 1.86. The maximum Gasteiger partial charge on any atom is 0.322 e. The van der Waals surface area contributed by atoms with Crippen LogP contribution in [-0.2, 0) is 16.0 Å². The Morgan fingerprint density at radius 2 is 2.35 bits per heavy atom. The summed E-state index contributed by atoms with van der Waals surface area (Å²) in [6.45, 7) is 0. The van der Waals surface area contributed by atoms with Crippen LogP contribution in [0.1, 0.15) is 5.56 Å². The fraction of sp³-hybridized carbons (Fsp3) is 0.250. The van der Waals surface area contributed by atoms with Crippen LogP contribution in [0, 0.1) is 0 Å². The Morgan fingerprint density at radius 3 is 3.06 bits per heavy atom. The number of aromatic amines is 1. The van der Waals surface area contributed by atoms with Crippen LogP contribution in [0.2, 0.25) is 5.02 Å². The quantitative estimate of drug-likeness (QED) is 0.820. The molecule has 1 aromatic carbocycles. The zero-order valence-electron chi connectivity index (χ0n) is 9.37. The first-order valence-electron chi connectivity index (χ1n) is 5.20. The Balaban J connectivity index is 2.30. The van der Waals surface area contributed by atoms with Crippen molar-refractivity contribution < 1.29 is 9.53 Å². The number of nitrogens with two attached hydrogens (primary N) is 1. The molecule has 2 aromatic rings. The van der Waals surface area contributed by atoms with Gasteiger partial charge < -0.3 is 15.5 Å². The monoisotopic (exact) mass is 252 g/mol. The Kier molecular flexibility index (Phi) is 3.36. The molecule has 0 saturated heterocycles. The lowest BCUT2D eigenvalue weighted by Crippen LogP contribution is -2.33. The van der Waals surface area contributed by atoms with Gasteiger partial charge in [0.05, 0.1) is 7.11 Å². The Bertz CT molecular complexity index is 550. The number of carbonyl (C=O) groups excluding carboxylic acids is 1. The second kappa shape index (κ2) is 4.77. The minimum absolute atomic E-state index is 0.415. The van der Waals surface area contributed by atoms with Crippen LogP contribution in [0.25, 0.3) is 10.9 Å². The van der Waals surface area contributed by atoms with Gasteiger partial charge in [-0.1, -0.05) is 11.6 Å². The smallest absolute Gasteiger partial charge is 0.322 e. The highest BCUT2D eigenvalue weighted by molar-refractivity contribution is 6.31. The molecule has 1 heterocycles. The van der Waals surface area contributed by atoms with Crippen molar-refractivity contribution in [3.05, 3.63) is 35.0 Å². The molecule has 0 aliphatic rings. The van der Waals surface area contributed by atoms with Crippen molar-refractivity contribution in [1.82, 2.24) is 4.98 Å². The summed E-state index contributed by atoms with van der Waals surface area (Å²) in [5, 5.41) is 1.64. The summed E-state index contributed by atoms with van der Waals surface area (Å²) in [6, 6.07) is 4.90. The number of H-pyrrole nitrogens is 1. The van der Waals surface area contributed by atoms with E-state index >= 15 is 0 Å². The van der Waals surface area contributed by atoms with E-state index in [9.17, 15) is 4.79 Å². The highest BCUT2D eigenvalue weighted by Crippen LogP contribution is 2.23. The third kappa shape index (κ3) is 2.43. The second-order valence-electron chi connectivity index (χ2n) is 3.84. The van der Waals surface area contributed by atoms with Crippen molar-refractivity contribution in [1.29, 1.82) is 0 Å². The van der Waals surface area contributed by atoms with Gasteiger partial charge in [0.25, 0.3) is 0 Å². The van der Waals surface area contributed by atoms with E-state index in [2.05, 4.69) is 9.72 Å². The topological polar surface area (TPSA) is 68.1 Å². The predicted molar refractivity (Wildman–Crippen MR) is 67.0 cm³/mol. The molecule has 0 amide bonds. The van der Waals surface area contributed by atoms with Crippen LogP contribution in [0.3, 0.4) is 0 Å². The molecule has 0 radical (unpaired) electrons. The lowest BCUT2D eigenvalue weighted by molar-refractivity contribution is -0.142. The first kappa shape index (κ1) is 12.0. The van der Waals surface area contributed by atoms with Crippen molar-refractivity contribution in [2.24, 2.45) is 5.73 Å². The number of rotatable bonds is 3. The van der Waals surface area contributed by atoms with E-state index in [1.54, 1.807) is 0 Å². The number of aromatic nitrogens is 1. The standard InChI is InChI=1S/C12H13ClN2O2/c1-17-12(16)10(14)4-7-6-15-11-3-2-8(13)5-9(7)11/h2-3,5-6,10,15H,4,14H2,1H3.